The molecule has 2 amide bonds. The van der Waals surface area contributed by atoms with E-state index in [1.807, 2.05) is 102 Å². The number of hydrazine groups is 2. The summed E-state index contributed by atoms with van der Waals surface area (Å²) < 4.78 is 11.6. The Morgan fingerprint density at radius 1 is 0.522 bits per heavy atom. The number of anilines is 4. The molecular weight excluding hydrogens is 576 g/mol. The molecule has 46 heavy (non-hydrogen) atoms. The van der Waals surface area contributed by atoms with Crippen molar-refractivity contribution < 1.29 is 19.1 Å². The maximum absolute atomic E-state index is 13.5. The number of aryl methyl sites for hydroxylation is 4. The molecule has 0 atom stereocenters. The molecule has 0 saturated heterocycles. The summed E-state index contributed by atoms with van der Waals surface area (Å²) in [6, 6.07) is 31.9. The quantitative estimate of drug-likeness (QED) is 0.204. The van der Waals surface area contributed by atoms with Gasteiger partial charge in [-0.25, -0.2) is 9.59 Å². The average molecular weight is 621 g/mol. The van der Waals surface area contributed by atoms with Crippen LogP contribution in [0, 0.1) is 0 Å². The van der Waals surface area contributed by atoms with E-state index >= 15 is 0 Å². The zero-order valence-corrected chi connectivity index (χ0v) is 27.6. The van der Waals surface area contributed by atoms with Crippen LogP contribution in [0.4, 0.5) is 32.3 Å². The summed E-state index contributed by atoms with van der Waals surface area (Å²) >= 11 is 0. The summed E-state index contributed by atoms with van der Waals surface area (Å²) in [6.45, 7) is 11.2. The minimum Gasteiger partial charge on any atom is -0.442 e. The summed E-state index contributed by atoms with van der Waals surface area (Å²) in [5.41, 5.74) is 12.6. The van der Waals surface area contributed by atoms with Gasteiger partial charge >= 0.3 is 12.2 Å². The largest absolute Gasteiger partial charge is 0.442 e. The van der Waals surface area contributed by atoms with Crippen LogP contribution in [0.3, 0.4) is 0 Å². The number of amides is 2. The van der Waals surface area contributed by atoms with Crippen molar-refractivity contribution in [2.45, 2.75) is 78.4 Å². The first kappa shape index (κ1) is 32.4. The highest BCUT2D eigenvalue weighted by atomic mass is 16.6. The summed E-state index contributed by atoms with van der Waals surface area (Å²) in [7, 11) is 0. The van der Waals surface area contributed by atoms with Gasteiger partial charge in [0.05, 0.1) is 22.7 Å². The first-order valence-electron chi connectivity index (χ1n) is 15.8. The highest BCUT2D eigenvalue weighted by molar-refractivity contribution is 5.91. The SMILES string of the molecule is CC(C)(C)OC(=O)N1Nc2cccc(c2)CCc2cccc(c2)NN(C(=O)OC(C)(C)C)c2cccc(c2)CCc2cccc1c2. The van der Waals surface area contributed by atoms with Crippen molar-refractivity contribution >= 4 is 34.9 Å². The van der Waals surface area contributed by atoms with E-state index < -0.39 is 23.4 Å². The Morgan fingerprint density at radius 3 is 1.20 bits per heavy atom. The summed E-state index contributed by atoms with van der Waals surface area (Å²) in [5, 5.41) is 2.95. The minimum atomic E-state index is -0.664. The lowest BCUT2D eigenvalue weighted by Gasteiger charge is -2.29. The Bertz CT molecular complexity index is 1560. The summed E-state index contributed by atoms with van der Waals surface area (Å²) in [4.78, 5) is 27.0. The van der Waals surface area contributed by atoms with Crippen LogP contribution >= 0.6 is 0 Å². The summed E-state index contributed by atoms with van der Waals surface area (Å²) in [6.07, 6.45) is 2.01. The minimum absolute atomic E-state index is 0.489. The topological polar surface area (TPSA) is 83.1 Å². The van der Waals surface area contributed by atoms with Crippen LogP contribution in [0.25, 0.3) is 0 Å². The molecule has 1 heterocycles. The third kappa shape index (κ3) is 9.03. The van der Waals surface area contributed by atoms with Gasteiger partial charge in [0.25, 0.3) is 0 Å². The number of carbonyl (C=O) groups is 2. The van der Waals surface area contributed by atoms with Gasteiger partial charge in [0, 0.05) is 0 Å². The molecule has 0 fully saturated rings. The van der Waals surface area contributed by atoms with E-state index in [2.05, 4.69) is 47.2 Å². The molecule has 1 aliphatic rings. The average Bonchev–Trinajstić information content (AvgIpc) is 2.99. The van der Waals surface area contributed by atoms with E-state index in [0.29, 0.717) is 11.4 Å². The van der Waals surface area contributed by atoms with Crippen molar-refractivity contribution in [2.75, 3.05) is 20.9 Å². The van der Waals surface area contributed by atoms with Crippen molar-refractivity contribution in [3.63, 3.8) is 0 Å². The molecule has 8 nitrogen and oxygen atoms in total. The van der Waals surface area contributed by atoms with Crippen LogP contribution in [-0.2, 0) is 35.2 Å². The first-order valence-corrected chi connectivity index (χ1v) is 15.8. The van der Waals surface area contributed by atoms with Gasteiger partial charge in [-0.2, -0.15) is 10.0 Å². The predicted molar refractivity (Wildman–Crippen MR) is 185 cm³/mol. The number of nitrogens with zero attached hydrogens (tertiary/aromatic N) is 2. The number of nitrogens with one attached hydrogen (secondary N) is 2. The lowest BCUT2D eigenvalue weighted by atomic mass is 10.0. The van der Waals surface area contributed by atoms with E-state index in [1.54, 1.807) is 0 Å². The molecule has 8 heteroatoms. The maximum atomic E-state index is 13.5. The molecule has 240 valence electrons. The molecule has 4 aromatic rings. The molecule has 2 N–H and O–H groups in total. The molecule has 0 radical (unpaired) electrons. The van der Waals surface area contributed by atoms with Crippen molar-refractivity contribution in [3.05, 3.63) is 119 Å². The molecule has 0 spiro atoms. The van der Waals surface area contributed by atoms with Crippen LogP contribution in [-0.4, -0.2) is 23.4 Å². The van der Waals surface area contributed by atoms with Crippen LogP contribution in [0.1, 0.15) is 63.8 Å². The second-order valence-electron chi connectivity index (χ2n) is 13.6. The smallest absolute Gasteiger partial charge is 0.433 e. The Labute approximate surface area is 272 Å². The third-order valence-electron chi connectivity index (χ3n) is 7.23. The van der Waals surface area contributed by atoms with Crippen molar-refractivity contribution in [2.24, 2.45) is 0 Å². The molecule has 1 aliphatic heterocycles. The number of hydrogen-bond acceptors (Lipinski definition) is 6. The van der Waals surface area contributed by atoms with Gasteiger partial charge in [-0.15, -0.1) is 0 Å². The van der Waals surface area contributed by atoms with E-state index in [1.165, 1.54) is 10.0 Å². The predicted octanol–water partition coefficient (Wildman–Crippen LogP) is 9.11. The van der Waals surface area contributed by atoms with Gasteiger partial charge in [-0.05, 0) is 138 Å². The van der Waals surface area contributed by atoms with Gasteiger partial charge in [0.2, 0.25) is 0 Å². The monoisotopic (exact) mass is 620 g/mol. The van der Waals surface area contributed by atoms with E-state index in [0.717, 1.165) is 59.3 Å². The highest BCUT2D eigenvalue weighted by Gasteiger charge is 2.26. The molecular formula is C38H44N4O4. The van der Waals surface area contributed by atoms with Gasteiger partial charge in [0.15, 0.2) is 0 Å². The molecule has 8 bridgehead atoms. The Morgan fingerprint density at radius 2 is 0.848 bits per heavy atom. The number of benzene rings is 4. The maximum Gasteiger partial charge on any atom is 0.433 e. The van der Waals surface area contributed by atoms with Gasteiger partial charge in [0.1, 0.15) is 11.2 Å². The molecule has 0 saturated carbocycles. The highest BCUT2D eigenvalue weighted by Crippen LogP contribution is 2.26. The van der Waals surface area contributed by atoms with Crippen LogP contribution in [0.2, 0.25) is 0 Å². The fourth-order valence-corrected chi connectivity index (χ4v) is 5.18. The van der Waals surface area contributed by atoms with Crippen LogP contribution in [0.15, 0.2) is 97.1 Å². The lowest BCUT2D eigenvalue weighted by molar-refractivity contribution is 0.0578. The second-order valence-corrected chi connectivity index (χ2v) is 13.6. The Kier molecular flexibility index (Phi) is 9.56. The van der Waals surface area contributed by atoms with Gasteiger partial charge in [-0.1, -0.05) is 48.5 Å². The standard InChI is InChI=1S/C38H44N4O4/c1-37(2,3)45-35(43)41-33-17-9-13-29(25-33)21-22-30-14-10-18-34(26-30)42(36(44)46-38(4,5)6)40-32-16-8-12-28(24-32)20-19-27-11-7-15-31(23-27)39-41/h7-18,23-26,39-40H,19-22H2,1-6H3. The molecule has 0 aromatic heterocycles. The van der Waals surface area contributed by atoms with Gasteiger partial charge in [-0.3, -0.25) is 10.9 Å². The Balaban J connectivity index is 1.55. The molecule has 0 unspecified atom stereocenters. The van der Waals surface area contributed by atoms with Crippen molar-refractivity contribution in [1.82, 2.24) is 0 Å². The number of fused-ring (bicyclic) bond motifs is 8. The number of ether oxygens (including phenoxy) is 2. The number of hydrogen-bond donors (Lipinski definition) is 2. The molecule has 0 aliphatic carbocycles. The fourth-order valence-electron chi connectivity index (χ4n) is 5.18. The number of carbonyl (C=O) groups excluding carboxylic acids is 2. The van der Waals surface area contributed by atoms with E-state index in [-0.39, 0.29) is 0 Å². The van der Waals surface area contributed by atoms with E-state index in [4.69, 9.17) is 9.47 Å². The fraction of sp³-hybridized carbons (Fsp3) is 0.316. The van der Waals surface area contributed by atoms with Crippen LogP contribution < -0.4 is 20.9 Å². The summed E-state index contributed by atoms with van der Waals surface area (Å²) in [5.74, 6) is 0. The first-order chi connectivity index (χ1) is 21.8. The lowest BCUT2D eigenvalue weighted by Crippen LogP contribution is -2.40. The molecule has 4 aromatic carbocycles. The normalized spacial score (nSPS) is 14.0. The number of rotatable bonds is 0. The van der Waals surface area contributed by atoms with Crippen molar-refractivity contribution in [3.8, 4) is 0 Å². The van der Waals surface area contributed by atoms with E-state index in [9.17, 15) is 9.59 Å². The zero-order valence-electron chi connectivity index (χ0n) is 27.6. The second kappa shape index (κ2) is 13.6. The van der Waals surface area contributed by atoms with Crippen LogP contribution in [0.5, 0.6) is 0 Å². The van der Waals surface area contributed by atoms with Crippen molar-refractivity contribution in [1.29, 1.82) is 0 Å². The Hall–Kier alpha value is -4.98. The molecule has 5 rings (SSSR count). The third-order valence-corrected chi connectivity index (χ3v) is 7.23. The zero-order chi connectivity index (χ0) is 32.9. The van der Waals surface area contributed by atoms with Gasteiger partial charge < -0.3 is 9.47 Å².